The lowest BCUT2D eigenvalue weighted by atomic mass is 9.42. The number of hydrogen-bond donors (Lipinski definition) is 0. The van der Waals surface area contributed by atoms with Crippen molar-refractivity contribution >= 4 is 0 Å². The minimum Gasteiger partial charge on any atom is -0.0999 e. The van der Waals surface area contributed by atoms with E-state index in [1.54, 1.807) is 6.42 Å². The largest absolute Gasteiger partial charge is 0.0999 e. The van der Waals surface area contributed by atoms with Crippen molar-refractivity contribution in [2.24, 2.45) is 28.6 Å². The topological polar surface area (TPSA) is 0 Å². The summed E-state index contributed by atoms with van der Waals surface area (Å²) in [5, 5.41) is 0. The van der Waals surface area contributed by atoms with E-state index in [1.165, 1.54) is 37.7 Å². The first kappa shape index (κ1) is 10.9. The SMILES string of the molecule is C=C(C)C(C)C12CC3CC(CC(C)(C3)C1)C2. The van der Waals surface area contributed by atoms with Crippen LogP contribution >= 0.6 is 0 Å². The quantitative estimate of drug-likeness (QED) is 0.584. The molecule has 4 rings (SSSR count). The van der Waals surface area contributed by atoms with Gasteiger partial charge in [0.05, 0.1) is 0 Å². The summed E-state index contributed by atoms with van der Waals surface area (Å²) >= 11 is 0. The molecule has 4 aliphatic rings. The molecular formula is C16H26. The summed E-state index contributed by atoms with van der Waals surface area (Å²) in [7, 11) is 0. The molecule has 0 spiro atoms. The Morgan fingerprint density at radius 2 is 1.75 bits per heavy atom. The number of allylic oxidation sites excluding steroid dienone is 1. The van der Waals surface area contributed by atoms with Gasteiger partial charge in [0.15, 0.2) is 0 Å². The summed E-state index contributed by atoms with van der Waals surface area (Å²) in [6, 6.07) is 0. The number of hydrogen-bond acceptors (Lipinski definition) is 0. The first-order valence-corrected chi connectivity index (χ1v) is 7.08. The smallest absolute Gasteiger partial charge is 0.0180 e. The molecule has 0 radical (unpaired) electrons. The van der Waals surface area contributed by atoms with Crippen LogP contribution in [0, 0.1) is 28.6 Å². The van der Waals surface area contributed by atoms with E-state index in [-0.39, 0.29) is 0 Å². The molecule has 0 amide bonds. The first-order chi connectivity index (χ1) is 7.42. The zero-order chi connectivity index (χ0) is 11.6. The Morgan fingerprint density at radius 3 is 2.19 bits per heavy atom. The van der Waals surface area contributed by atoms with E-state index in [2.05, 4.69) is 27.4 Å². The van der Waals surface area contributed by atoms with Gasteiger partial charge in [-0.1, -0.05) is 26.0 Å². The monoisotopic (exact) mass is 218 g/mol. The van der Waals surface area contributed by atoms with E-state index in [4.69, 9.17) is 0 Å². The predicted molar refractivity (Wildman–Crippen MR) is 69.2 cm³/mol. The molecule has 0 aromatic carbocycles. The molecule has 90 valence electrons. The predicted octanol–water partition coefficient (Wildman–Crippen LogP) is 4.81. The van der Waals surface area contributed by atoms with Crippen LogP contribution in [0.15, 0.2) is 12.2 Å². The van der Waals surface area contributed by atoms with E-state index < -0.39 is 0 Å². The van der Waals surface area contributed by atoms with Crippen LogP contribution in [-0.2, 0) is 0 Å². The van der Waals surface area contributed by atoms with Gasteiger partial charge in [-0.2, -0.15) is 0 Å². The fraction of sp³-hybridized carbons (Fsp3) is 0.875. The van der Waals surface area contributed by atoms with E-state index in [0.29, 0.717) is 10.8 Å². The summed E-state index contributed by atoms with van der Waals surface area (Å²) in [4.78, 5) is 0. The van der Waals surface area contributed by atoms with Gasteiger partial charge in [0, 0.05) is 0 Å². The summed E-state index contributed by atoms with van der Waals surface area (Å²) in [6.45, 7) is 11.5. The molecule has 0 heterocycles. The van der Waals surface area contributed by atoms with Gasteiger partial charge in [-0.3, -0.25) is 0 Å². The Balaban J connectivity index is 1.94. The third-order valence-electron chi connectivity index (χ3n) is 6.06. The van der Waals surface area contributed by atoms with Gasteiger partial charge in [0.1, 0.15) is 0 Å². The first-order valence-electron chi connectivity index (χ1n) is 7.08. The molecule has 0 nitrogen and oxygen atoms in total. The molecule has 3 atom stereocenters. The highest BCUT2D eigenvalue weighted by Gasteiger charge is 2.57. The highest BCUT2D eigenvalue weighted by molar-refractivity contribution is 5.13. The summed E-state index contributed by atoms with van der Waals surface area (Å²) in [5.74, 6) is 2.85. The van der Waals surface area contributed by atoms with Crippen LogP contribution in [-0.4, -0.2) is 0 Å². The Labute approximate surface area is 101 Å². The molecule has 0 aliphatic heterocycles. The normalized spacial score (nSPS) is 51.7. The van der Waals surface area contributed by atoms with Crippen LogP contribution in [0.4, 0.5) is 0 Å². The highest BCUT2D eigenvalue weighted by atomic mass is 14.6. The zero-order valence-electron chi connectivity index (χ0n) is 11.2. The molecule has 3 unspecified atom stereocenters. The standard InChI is InChI=1S/C16H26/c1-11(2)12(3)16-8-13-5-14(9-16)7-15(4,6-13)10-16/h12-14H,1,5-10H2,2-4H3. The molecular weight excluding hydrogens is 192 g/mol. The lowest BCUT2D eigenvalue weighted by Gasteiger charge is -2.63. The van der Waals surface area contributed by atoms with Crippen LogP contribution < -0.4 is 0 Å². The second kappa shape index (κ2) is 3.15. The fourth-order valence-electron chi connectivity index (χ4n) is 5.83. The Bertz CT molecular complexity index is 311. The maximum absolute atomic E-state index is 4.23. The summed E-state index contributed by atoms with van der Waals surface area (Å²) < 4.78 is 0. The molecule has 4 saturated carbocycles. The van der Waals surface area contributed by atoms with Crippen LogP contribution in [0.5, 0.6) is 0 Å². The van der Waals surface area contributed by atoms with Crippen molar-refractivity contribution in [1.82, 2.24) is 0 Å². The van der Waals surface area contributed by atoms with E-state index in [9.17, 15) is 0 Å². The Kier molecular flexibility index (Phi) is 2.14. The van der Waals surface area contributed by atoms with Crippen molar-refractivity contribution in [2.45, 2.75) is 59.3 Å². The Hall–Kier alpha value is -0.260. The maximum Gasteiger partial charge on any atom is -0.0180 e. The van der Waals surface area contributed by atoms with Crippen molar-refractivity contribution in [3.8, 4) is 0 Å². The van der Waals surface area contributed by atoms with Gasteiger partial charge >= 0.3 is 0 Å². The van der Waals surface area contributed by atoms with Crippen LogP contribution in [0.2, 0.25) is 0 Å². The van der Waals surface area contributed by atoms with Crippen molar-refractivity contribution in [1.29, 1.82) is 0 Å². The number of rotatable bonds is 2. The average molecular weight is 218 g/mol. The molecule has 0 aromatic heterocycles. The van der Waals surface area contributed by atoms with Crippen LogP contribution in [0.3, 0.4) is 0 Å². The van der Waals surface area contributed by atoms with Crippen molar-refractivity contribution in [3.63, 3.8) is 0 Å². The third-order valence-corrected chi connectivity index (χ3v) is 6.06. The van der Waals surface area contributed by atoms with Gasteiger partial charge in [0.25, 0.3) is 0 Å². The molecule has 16 heavy (non-hydrogen) atoms. The second-order valence-corrected chi connectivity index (χ2v) is 7.70. The summed E-state index contributed by atoms with van der Waals surface area (Å²) in [6.07, 6.45) is 9.09. The van der Waals surface area contributed by atoms with E-state index >= 15 is 0 Å². The fourth-order valence-corrected chi connectivity index (χ4v) is 5.83. The lowest BCUT2D eigenvalue weighted by molar-refractivity contribution is -0.119. The maximum atomic E-state index is 4.23. The highest BCUT2D eigenvalue weighted by Crippen LogP contribution is 2.67. The minimum atomic E-state index is 0.644. The lowest BCUT2D eigenvalue weighted by Crippen LogP contribution is -2.53. The average Bonchev–Trinajstić information content (AvgIpc) is 2.12. The summed E-state index contributed by atoms with van der Waals surface area (Å²) in [5.41, 5.74) is 2.75. The van der Waals surface area contributed by atoms with Gasteiger partial charge in [0.2, 0.25) is 0 Å². The van der Waals surface area contributed by atoms with Gasteiger partial charge in [-0.25, -0.2) is 0 Å². The third kappa shape index (κ3) is 1.41. The molecule has 0 aromatic rings. The van der Waals surface area contributed by atoms with E-state index in [1.807, 2.05) is 0 Å². The zero-order valence-corrected chi connectivity index (χ0v) is 11.2. The minimum absolute atomic E-state index is 0.644. The van der Waals surface area contributed by atoms with Crippen molar-refractivity contribution in [3.05, 3.63) is 12.2 Å². The van der Waals surface area contributed by atoms with Gasteiger partial charge in [-0.05, 0) is 74.0 Å². The molecule has 4 bridgehead atoms. The molecule has 4 aliphatic carbocycles. The molecule has 4 fully saturated rings. The van der Waals surface area contributed by atoms with Crippen molar-refractivity contribution < 1.29 is 0 Å². The van der Waals surface area contributed by atoms with E-state index in [0.717, 1.165) is 17.8 Å². The van der Waals surface area contributed by atoms with Gasteiger partial charge < -0.3 is 0 Å². The molecule has 0 N–H and O–H groups in total. The molecule has 0 heteroatoms. The van der Waals surface area contributed by atoms with Gasteiger partial charge in [-0.15, -0.1) is 0 Å². The second-order valence-electron chi connectivity index (χ2n) is 7.70. The van der Waals surface area contributed by atoms with Crippen molar-refractivity contribution in [2.75, 3.05) is 0 Å². The van der Waals surface area contributed by atoms with Crippen LogP contribution in [0.1, 0.15) is 59.3 Å². The van der Waals surface area contributed by atoms with Crippen LogP contribution in [0.25, 0.3) is 0 Å². The molecule has 0 saturated heterocycles. The Morgan fingerprint density at radius 1 is 1.19 bits per heavy atom.